The third-order valence-corrected chi connectivity index (χ3v) is 5.07. The Bertz CT molecular complexity index is 858. The fourth-order valence-electron chi connectivity index (χ4n) is 2.74. The minimum Gasteiger partial charge on any atom is -0.457 e. The van der Waals surface area contributed by atoms with Gasteiger partial charge >= 0.3 is 0 Å². The summed E-state index contributed by atoms with van der Waals surface area (Å²) in [4.78, 5) is 12.2. The Morgan fingerprint density at radius 1 is 1.04 bits per heavy atom. The number of sulfonamides is 1. The van der Waals surface area contributed by atoms with Gasteiger partial charge in [0, 0.05) is 5.69 Å². The van der Waals surface area contributed by atoms with Gasteiger partial charge in [0.1, 0.15) is 11.5 Å². The van der Waals surface area contributed by atoms with Crippen molar-refractivity contribution < 1.29 is 17.9 Å². The first-order valence-corrected chi connectivity index (χ1v) is 9.91. The van der Waals surface area contributed by atoms with Gasteiger partial charge in [-0.1, -0.05) is 6.42 Å². The van der Waals surface area contributed by atoms with Crippen LogP contribution in [0.4, 0.5) is 5.69 Å². The largest absolute Gasteiger partial charge is 0.457 e. The van der Waals surface area contributed by atoms with E-state index in [1.807, 2.05) is 0 Å². The number of hydrogen-bond donors (Lipinski definition) is 3. The van der Waals surface area contributed by atoms with E-state index in [9.17, 15) is 13.2 Å². The van der Waals surface area contributed by atoms with Crippen molar-refractivity contribution in [1.82, 2.24) is 5.32 Å². The van der Waals surface area contributed by atoms with Gasteiger partial charge in [-0.3, -0.25) is 4.79 Å². The van der Waals surface area contributed by atoms with E-state index in [1.165, 1.54) is 24.3 Å². The normalized spacial score (nSPS) is 17.5. The van der Waals surface area contributed by atoms with E-state index in [4.69, 9.17) is 9.88 Å². The summed E-state index contributed by atoms with van der Waals surface area (Å²) >= 11 is 0. The van der Waals surface area contributed by atoms with Crippen molar-refractivity contribution in [2.75, 3.05) is 11.9 Å². The van der Waals surface area contributed by atoms with Gasteiger partial charge in [-0.05, 0) is 67.9 Å². The van der Waals surface area contributed by atoms with Crippen molar-refractivity contribution in [3.8, 4) is 11.5 Å². The van der Waals surface area contributed by atoms with Crippen LogP contribution in [0.2, 0.25) is 0 Å². The maximum absolute atomic E-state index is 12.2. The van der Waals surface area contributed by atoms with Crippen LogP contribution in [-0.2, 0) is 14.8 Å². The number of carbonyl (C=O) groups excluding carboxylic acids is 1. The lowest BCUT2D eigenvalue weighted by atomic mass is 10.0. The number of amides is 1. The molecule has 8 heteroatoms. The molecule has 7 nitrogen and oxygen atoms in total. The molecule has 0 aliphatic carbocycles. The molecule has 1 fully saturated rings. The Hall–Kier alpha value is -2.42. The summed E-state index contributed by atoms with van der Waals surface area (Å²) in [6.45, 7) is 0.870. The van der Waals surface area contributed by atoms with Gasteiger partial charge in [0.05, 0.1) is 10.9 Å². The van der Waals surface area contributed by atoms with Gasteiger partial charge in [-0.15, -0.1) is 0 Å². The van der Waals surface area contributed by atoms with Crippen molar-refractivity contribution in [2.24, 2.45) is 5.14 Å². The van der Waals surface area contributed by atoms with E-state index in [0.29, 0.717) is 17.2 Å². The molecule has 0 radical (unpaired) electrons. The van der Waals surface area contributed by atoms with Crippen molar-refractivity contribution in [1.29, 1.82) is 0 Å². The van der Waals surface area contributed by atoms with E-state index in [1.54, 1.807) is 24.3 Å². The first-order chi connectivity index (χ1) is 12.4. The summed E-state index contributed by atoms with van der Waals surface area (Å²) in [7, 11) is -3.72. The molecule has 138 valence electrons. The van der Waals surface area contributed by atoms with Crippen LogP contribution in [0.25, 0.3) is 0 Å². The Morgan fingerprint density at radius 2 is 1.65 bits per heavy atom. The first-order valence-electron chi connectivity index (χ1n) is 8.37. The smallest absolute Gasteiger partial charge is 0.241 e. The quantitative estimate of drug-likeness (QED) is 0.742. The van der Waals surface area contributed by atoms with Gasteiger partial charge in [-0.25, -0.2) is 13.6 Å². The van der Waals surface area contributed by atoms with Gasteiger partial charge < -0.3 is 15.4 Å². The fraction of sp³-hybridized carbons (Fsp3) is 0.278. The number of piperidine rings is 1. The lowest BCUT2D eigenvalue weighted by Gasteiger charge is -2.22. The standard InChI is InChI=1S/C18H21N3O4S/c19-26(23,24)16-10-8-15(9-11-16)25-14-6-4-13(5-7-14)21-18(22)17-3-1-2-12-20-17/h4-11,17,20H,1-3,12H2,(H,21,22)(H2,19,23,24). The number of anilines is 1. The molecule has 26 heavy (non-hydrogen) atoms. The molecule has 1 atom stereocenters. The van der Waals surface area contributed by atoms with Crippen molar-refractivity contribution in [2.45, 2.75) is 30.2 Å². The lowest BCUT2D eigenvalue weighted by Crippen LogP contribution is -2.43. The van der Waals surface area contributed by atoms with Gasteiger partial charge in [-0.2, -0.15) is 0 Å². The molecule has 1 unspecified atom stereocenters. The van der Waals surface area contributed by atoms with E-state index in [0.717, 1.165) is 25.8 Å². The zero-order chi connectivity index (χ0) is 18.6. The highest BCUT2D eigenvalue weighted by atomic mass is 32.2. The van der Waals surface area contributed by atoms with Gasteiger partial charge in [0.25, 0.3) is 0 Å². The third-order valence-electron chi connectivity index (χ3n) is 4.14. The summed E-state index contributed by atoms with van der Waals surface area (Å²) < 4.78 is 28.1. The van der Waals surface area contributed by atoms with Crippen LogP contribution in [-0.4, -0.2) is 26.9 Å². The summed E-state index contributed by atoms with van der Waals surface area (Å²) in [5, 5.41) is 11.2. The number of nitrogens with two attached hydrogens (primary N) is 1. The third kappa shape index (κ3) is 4.81. The van der Waals surface area contributed by atoms with E-state index < -0.39 is 10.0 Å². The molecule has 3 rings (SSSR count). The van der Waals surface area contributed by atoms with Crippen molar-refractivity contribution in [3.63, 3.8) is 0 Å². The number of primary sulfonamides is 1. The Labute approximate surface area is 152 Å². The minimum absolute atomic E-state index is 0.0271. The Balaban J connectivity index is 1.59. The second kappa shape index (κ2) is 7.86. The van der Waals surface area contributed by atoms with Crippen LogP contribution in [0.5, 0.6) is 11.5 Å². The molecular weight excluding hydrogens is 354 g/mol. The summed E-state index contributed by atoms with van der Waals surface area (Å²) in [6, 6.07) is 12.7. The Kier molecular flexibility index (Phi) is 5.55. The van der Waals surface area contributed by atoms with E-state index in [-0.39, 0.29) is 16.8 Å². The van der Waals surface area contributed by atoms with Crippen LogP contribution >= 0.6 is 0 Å². The van der Waals surface area contributed by atoms with E-state index in [2.05, 4.69) is 10.6 Å². The SMILES string of the molecule is NS(=O)(=O)c1ccc(Oc2ccc(NC(=O)C3CCCCN3)cc2)cc1. The van der Waals surface area contributed by atoms with Crippen LogP contribution in [0, 0.1) is 0 Å². The molecule has 2 aromatic carbocycles. The van der Waals surface area contributed by atoms with Crippen LogP contribution in [0.3, 0.4) is 0 Å². The average Bonchev–Trinajstić information content (AvgIpc) is 2.64. The number of rotatable bonds is 5. The predicted octanol–water partition coefficient (Wildman–Crippen LogP) is 2.21. The first kappa shape index (κ1) is 18.4. The van der Waals surface area contributed by atoms with Crippen LogP contribution in [0.15, 0.2) is 53.4 Å². The Morgan fingerprint density at radius 3 is 2.19 bits per heavy atom. The molecule has 1 aliphatic rings. The number of ether oxygens (including phenoxy) is 1. The number of hydrogen-bond acceptors (Lipinski definition) is 5. The predicted molar refractivity (Wildman–Crippen MR) is 98.6 cm³/mol. The maximum atomic E-state index is 12.2. The minimum atomic E-state index is -3.72. The van der Waals surface area contributed by atoms with Crippen LogP contribution in [0.1, 0.15) is 19.3 Å². The highest BCUT2D eigenvalue weighted by Crippen LogP contribution is 2.24. The average molecular weight is 375 g/mol. The summed E-state index contributed by atoms with van der Waals surface area (Å²) in [5.74, 6) is 1.03. The molecule has 1 saturated heterocycles. The van der Waals surface area contributed by atoms with Crippen molar-refractivity contribution >= 4 is 21.6 Å². The topological polar surface area (TPSA) is 111 Å². The molecule has 0 bridgehead atoms. The summed E-state index contributed by atoms with van der Waals surface area (Å²) in [5.41, 5.74) is 0.694. The molecule has 2 aromatic rings. The zero-order valence-electron chi connectivity index (χ0n) is 14.1. The van der Waals surface area contributed by atoms with Gasteiger partial charge in [0.15, 0.2) is 0 Å². The fourth-order valence-corrected chi connectivity index (χ4v) is 3.26. The van der Waals surface area contributed by atoms with Crippen molar-refractivity contribution in [3.05, 3.63) is 48.5 Å². The second-order valence-corrected chi connectivity index (χ2v) is 7.70. The lowest BCUT2D eigenvalue weighted by molar-refractivity contribution is -0.118. The monoisotopic (exact) mass is 375 g/mol. The van der Waals surface area contributed by atoms with Gasteiger partial charge in [0.2, 0.25) is 15.9 Å². The molecule has 0 aromatic heterocycles. The van der Waals surface area contributed by atoms with E-state index >= 15 is 0 Å². The molecule has 0 spiro atoms. The second-order valence-electron chi connectivity index (χ2n) is 6.13. The van der Waals surface area contributed by atoms with Crippen LogP contribution < -0.4 is 20.5 Å². The number of nitrogens with one attached hydrogen (secondary N) is 2. The molecule has 0 saturated carbocycles. The highest BCUT2D eigenvalue weighted by Gasteiger charge is 2.20. The molecule has 1 aliphatic heterocycles. The maximum Gasteiger partial charge on any atom is 0.241 e. The molecular formula is C18H21N3O4S. The number of benzene rings is 2. The summed E-state index contributed by atoms with van der Waals surface area (Å²) in [6.07, 6.45) is 3.01. The number of carbonyl (C=O) groups is 1. The highest BCUT2D eigenvalue weighted by molar-refractivity contribution is 7.89. The molecule has 1 heterocycles. The zero-order valence-corrected chi connectivity index (χ0v) is 15.0. The molecule has 4 N–H and O–H groups in total. The molecule has 1 amide bonds.